The topological polar surface area (TPSA) is 96.0 Å². The van der Waals surface area contributed by atoms with Gasteiger partial charge in [-0.2, -0.15) is 0 Å². The van der Waals surface area contributed by atoms with Crippen molar-refractivity contribution < 1.29 is 22.7 Å². The second-order valence-electron chi connectivity index (χ2n) is 10.4. The minimum atomic E-state index is -4.24. The number of nitrogens with one attached hydrogen (secondary N) is 1. The third-order valence-electron chi connectivity index (χ3n) is 6.21. The van der Waals surface area contributed by atoms with E-state index in [2.05, 4.69) is 5.32 Å². The fraction of sp³-hybridized carbons (Fsp3) is 0.333. The summed E-state index contributed by atoms with van der Waals surface area (Å²) in [5, 5.41) is 3.66. The number of methoxy groups -OCH3 is 1. The number of sulfonamides is 1. The smallest absolute Gasteiger partial charge is 0.264 e. The van der Waals surface area contributed by atoms with Crippen molar-refractivity contribution in [2.75, 3.05) is 18.0 Å². The number of carbonyl (C=O) groups excluding carboxylic acids is 2. The summed E-state index contributed by atoms with van der Waals surface area (Å²) in [6.45, 7) is 6.75. The van der Waals surface area contributed by atoms with Gasteiger partial charge in [-0.15, -0.1) is 0 Å². The van der Waals surface area contributed by atoms with E-state index in [1.807, 2.05) is 20.8 Å². The van der Waals surface area contributed by atoms with E-state index in [9.17, 15) is 18.0 Å². The van der Waals surface area contributed by atoms with E-state index < -0.39 is 34.1 Å². The first kappa shape index (κ1) is 32.2. The molecule has 1 N–H and O–H groups in total. The van der Waals surface area contributed by atoms with E-state index in [1.165, 1.54) is 42.3 Å². The maximum atomic E-state index is 14.1. The molecular formula is C30H35Cl2N3O5S. The van der Waals surface area contributed by atoms with Crippen molar-refractivity contribution in [1.82, 2.24) is 10.2 Å². The second kappa shape index (κ2) is 13.6. The number of hydrogen-bond donors (Lipinski definition) is 1. The van der Waals surface area contributed by atoms with E-state index in [-0.39, 0.29) is 23.0 Å². The molecule has 0 fully saturated rings. The molecule has 0 aliphatic carbocycles. The minimum Gasteiger partial charge on any atom is -0.497 e. The molecular weight excluding hydrogens is 585 g/mol. The molecule has 8 nitrogen and oxygen atoms in total. The van der Waals surface area contributed by atoms with Crippen LogP contribution >= 0.6 is 23.2 Å². The third kappa shape index (κ3) is 8.38. The van der Waals surface area contributed by atoms with Crippen LogP contribution in [0.2, 0.25) is 10.0 Å². The number of hydrogen-bond acceptors (Lipinski definition) is 5. The Kier molecular flexibility index (Phi) is 10.7. The highest BCUT2D eigenvalue weighted by Gasteiger charge is 2.35. The molecule has 0 aliphatic heterocycles. The molecule has 2 amide bonds. The zero-order valence-corrected chi connectivity index (χ0v) is 26.1. The fourth-order valence-corrected chi connectivity index (χ4v) is 6.00. The number of halogens is 2. The molecule has 0 spiro atoms. The van der Waals surface area contributed by atoms with Gasteiger partial charge in [-0.1, -0.05) is 54.4 Å². The molecule has 0 heterocycles. The maximum absolute atomic E-state index is 14.1. The summed E-state index contributed by atoms with van der Waals surface area (Å²) in [5.74, 6) is -0.457. The third-order valence-corrected chi connectivity index (χ3v) is 8.60. The average molecular weight is 621 g/mol. The van der Waals surface area contributed by atoms with Crippen molar-refractivity contribution in [2.24, 2.45) is 0 Å². The summed E-state index contributed by atoms with van der Waals surface area (Å²) in [5.41, 5.74) is 0.275. The highest BCUT2D eigenvalue weighted by molar-refractivity contribution is 7.92. The lowest BCUT2D eigenvalue weighted by molar-refractivity contribution is -0.141. The molecule has 11 heteroatoms. The first-order valence-electron chi connectivity index (χ1n) is 13.0. The summed E-state index contributed by atoms with van der Waals surface area (Å²) in [7, 11) is -2.76. The molecule has 0 bridgehead atoms. The van der Waals surface area contributed by atoms with Gasteiger partial charge in [-0.3, -0.25) is 13.9 Å². The van der Waals surface area contributed by atoms with Crippen molar-refractivity contribution in [3.63, 3.8) is 0 Å². The van der Waals surface area contributed by atoms with Gasteiger partial charge in [0, 0.05) is 22.1 Å². The van der Waals surface area contributed by atoms with Crippen molar-refractivity contribution in [3.8, 4) is 5.75 Å². The largest absolute Gasteiger partial charge is 0.497 e. The number of carbonyl (C=O) groups is 2. The molecule has 0 saturated heterocycles. The maximum Gasteiger partial charge on any atom is 0.264 e. The van der Waals surface area contributed by atoms with Gasteiger partial charge < -0.3 is 15.0 Å². The predicted octanol–water partition coefficient (Wildman–Crippen LogP) is 5.92. The van der Waals surface area contributed by atoms with Gasteiger partial charge in [0.25, 0.3) is 10.0 Å². The van der Waals surface area contributed by atoms with Crippen LogP contribution in [0.1, 0.15) is 39.7 Å². The molecule has 0 saturated carbocycles. The van der Waals surface area contributed by atoms with E-state index in [0.29, 0.717) is 27.8 Å². The fourth-order valence-electron chi connectivity index (χ4n) is 4.22. The summed E-state index contributed by atoms with van der Waals surface area (Å²) in [6.07, 6.45) is 0.292. The van der Waals surface area contributed by atoms with Gasteiger partial charge in [0.15, 0.2) is 0 Å². The number of ether oxygens (including phenoxy) is 1. The Hall–Kier alpha value is -3.27. The van der Waals surface area contributed by atoms with Crippen LogP contribution in [0.4, 0.5) is 5.69 Å². The molecule has 1 unspecified atom stereocenters. The van der Waals surface area contributed by atoms with Crippen LogP contribution in [0.25, 0.3) is 0 Å². The normalized spacial score (nSPS) is 12.4. The second-order valence-corrected chi connectivity index (χ2v) is 13.1. The molecule has 3 aromatic carbocycles. The number of nitrogens with zero attached hydrogens (tertiary/aromatic N) is 2. The Balaban J connectivity index is 2.09. The molecule has 0 radical (unpaired) electrons. The van der Waals surface area contributed by atoms with Gasteiger partial charge in [0.2, 0.25) is 11.8 Å². The molecule has 220 valence electrons. The van der Waals surface area contributed by atoms with Crippen LogP contribution in [0.3, 0.4) is 0 Å². The van der Waals surface area contributed by atoms with Crippen LogP contribution in [0, 0.1) is 0 Å². The summed E-state index contributed by atoms with van der Waals surface area (Å²) < 4.78 is 34.1. The highest BCUT2D eigenvalue weighted by Crippen LogP contribution is 2.28. The van der Waals surface area contributed by atoms with Crippen LogP contribution in [0.5, 0.6) is 5.75 Å². The predicted molar refractivity (Wildman–Crippen MR) is 163 cm³/mol. The molecule has 0 aliphatic rings. The van der Waals surface area contributed by atoms with E-state index in [1.54, 1.807) is 49.4 Å². The number of rotatable bonds is 11. The first-order chi connectivity index (χ1) is 19.3. The lowest BCUT2D eigenvalue weighted by Gasteiger charge is -2.35. The molecule has 41 heavy (non-hydrogen) atoms. The zero-order chi connectivity index (χ0) is 30.4. The number of benzene rings is 3. The quantitative estimate of drug-likeness (QED) is 0.287. The zero-order valence-electron chi connectivity index (χ0n) is 23.7. The van der Waals surface area contributed by atoms with Gasteiger partial charge in [-0.05, 0) is 81.3 Å². The van der Waals surface area contributed by atoms with E-state index in [0.717, 1.165) is 4.31 Å². The monoisotopic (exact) mass is 619 g/mol. The van der Waals surface area contributed by atoms with E-state index >= 15 is 0 Å². The Labute approximate surface area is 252 Å². The number of anilines is 1. The van der Waals surface area contributed by atoms with Crippen molar-refractivity contribution in [2.45, 2.75) is 57.1 Å². The van der Waals surface area contributed by atoms with Gasteiger partial charge >= 0.3 is 0 Å². The van der Waals surface area contributed by atoms with Crippen molar-refractivity contribution in [3.05, 3.63) is 88.4 Å². The van der Waals surface area contributed by atoms with Crippen LogP contribution in [-0.4, -0.2) is 50.4 Å². The van der Waals surface area contributed by atoms with Crippen molar-refractivity contribution in [1.29, 1.82) is 0 Å². The Bertz CT molecular complexity index is 1470. The molecule has 3 aromatic rings. The van der Waals surface area contributed by atoms with Gasteiger partial charge in [0.1, 0.15) is 18.3 Å². The standard InChI is InChI=1S/C30H35Cl2N3O5S/c1-6-27(29(37)33-30(2,3)4)34(19-21-10-7-8-13-26(21)32)28(36)20-35(23-12-9-11-22(31)18-23)41(38,39)25-16-14-24(40-5)15-17-25/h7-18,27H,6,19-20H2,1-5H3,(H,33,37). The van der Waals surface area contributed by atoms with Crippen LogP contribution in [0.15, 0.2) is 77.7 Å². The summed E-state index contributed by atoms with van der Waals surface area (Å²) in [4.78, 5) is 28.8. The first-order valence-corrected chi connectivity index (χ1v) is 15.2. The minimum absolute atomic E-state index is 0.000541. The van der Waals surface area contributed by atoms with Gasteiger partial charge in [0.05, 0.1) is 17.7 Å². The average Bonchev–Trinajstić information content (AvgIpc) is 2.91. The van der Waals surface area contributed by atoms with Crippen molar-refractivity contribution >= 4 is 50.7 Å². The molecule has 0 aromatic heterocycles. The highest BCUT2D eigenvalue weighted by atomic mass is 35.5. The lowest BCUT2D eigenvalue weighted by Crippen LogP contribution is -2.55. The SMILES string of the molecule is CCC(C(=O)NC(C)(C)C)N(Cc1ccccc1Cl)C(=O)CN(c1cccc(Cl)c1)S(=O)(=O)c1ccc(OC)cc1. The van der Waals surface area contributed by atoms with E-state index in [4.69, 9.17) is 27.9 Å². The van der Waals surface area contributed by atoms with Crippen LogP contribution in [-0.2, 0) is 26.2 Å². The summed E-state index contributed by atoms with van der Waals surface area (Å²) in [6, 6.07) is 18.2. The van der Waals surface area contributed by atoms with Gasteiger partial charge in [-0.25, -0.2) is 8.42 Å². The molecule has 3 rings (SSSR count). The Morgan fingerprint density at radius 2 is 1.63 bits per heavy atom. The van der Waals surface area contributed by atoms with Crippen LogP contribution < -0.4 is 14.4 Å². The Morgan fingerprint density at radius 1 is 0.976 bits per heavy atom. The number of amides is 2. The summed E-state index contributed by atoms with van der Waals surface area (Å²) >= 11 is 12.7. The molecule has 1 atom stereocenters. The Morgan fingerprint density at radius 3 is 2.20 bits per heavy atom. The lowest BCUT2D eigenvalue weighted by atomic mass is 10.1.